The third-order valence-corrected chi connectivity index (χ3v) is 2.48. The first-order valence-corrected chi connectivity index (χ1v) is 6.01. The summed E-state index contributed by atoms with van der Waals surface area (Å²) in [6.45, 7) is 1.62. The van der Waals surface area contributed by atoms with E-state index in [2.05, 4.69) is 15.6 Å². The second kappa shape index (κ2) is 6.91. The minimum absolute atomic E-state index is 0.0940. The molecule has 0 bridgehead atoms. The second-order valence-corrected chi connectivity index (χ2v) is 4.36. The molecule has 1 unspecified atom stereocenters. The van der Waals surface area contributed by atoms with Crippen molar-refractivity contribution < 1.29 is 27.9 Å². The quantitative estimate of drug-likeness (QED) is 0.779. The highest BCUT2D eigenvalue weighted by Gasteiger charge is 2.32. The summed E-state index contributed by atoms with van der Waals surface area (Å²) in [5.41, 5.74) is -0.950. The van der Waals surface area contributed by atoms with Gasteiger partial charge in [0.15, 0.2) is 0 Å². The first-order valence-electron chi connectivity index (χ1n) is 6.01. The molecule has 0 saturated carbocycles. The number of amides is 2. The van der Waals surface area contributed by atoms with Crippen LogP contribution >= 0.6 is 0 Å². The minimum Gasteiger partial charge on any atom is -0.481 e. The van der Waals surface area contributed by atoms with E-state index in [0.29, 0.717) is 0 Å². The molecule has 1 aromatic heterocycles. The number of carboxylic acid groups (broad SMARTS) is 1. The minimum atomic E-state index is -4.54. The van der Waals surface area contributed by atoms with Crippen molar-refractivity contribution in [3.8, 4) is 0 Å². The van der Waals surface area contributed by atoms with Crippen LogP contribution in [0, 0.1) is 0 Å². The van der Waals surface area contributed by atoms with Crippen molar-refractivity contribution in [2.24, 2.45) is 0 Å². The maximum atomic E-state index is 12.3. The molecule has 1 atom stereocenters. The number of carbonyl (C=O) groups excluding carboxylic acids is 1. The summed E-state index contributed by atoms with van der Waals surface area (Å²) in [5.74, 6) is -0.976. The normalized spacial score (nSPS) is 12.6. The van der Waals surface area contributed by atoms with Gasteiger partial charge in [0.1, 0.15) is 5.69 Å². The Balaban J connectivity index is 2.49. The molecule has 9 heteroatoms. The van der Waals surface area contributed by atoms with Crippen LogP contribution in [0.15, 0.2) is 18.3 Å². The first kappa shape index (κ1) is 16.7. The summed E-state index contributed by atoms with van der Waals surface area (Å²) < 4.78 is 36.9. The Bertz CT molecular complexity index is 503. The second-order valence-electron chi connectivity index (χ2n) is 4.36. The number of urea groups is 1. The number of hydrogen-bond acceptors (Lipinski definition) is 3. The number of anilines is 1. The van der Waals surface area contributed by atoms with Gasteiger partial charge in [-0.05, 0) is 25.5 Å². The number of alkyl halides is 3. The Morgan fingerprint density at radius 3 is 2.52 bits per heavy atom. The summed E-state index contributed by atoms with van der Waals surface area (Å²) in [6, 6.07) is 0.804. The highest BCUT2D eigenvalue weighted by molar-refractivity contribution is 5.89. The molecule has 0 aliphatic rings. The van der Waals surface area contributed by atoms with Gasteiger partial charge in [0, 0.05) is 12.5 Å². The van der Waals surface area contributed by atoms with Gasteiger partial charge in [-0.1, -0.05) is 0 Å². The van der Waals surface area contributed by atoms with Crippen molar-refractivity contribution >= 4 is 17.7 Å². The van der Waals surface area contributed by atoms with Gasteiger partial charge in [-0.2, -0.15) is 13.2 Å². The molecule has 1 aromatic rings. The van der Waals surface area contributed by atoms with E-state index in [9.17, 15) is 22.8 Å². The average molecular weight is 305 g/mol. The van der Waals surface area contributed by atoms with E-state index in [0.717, 1.165) is 18.3 Å². The van der Waals surface area contributed by atoms with Gasteiger partial charge in [-0.15, -0.1) is 0 Å². The van der Waals surface area contributed by atoms with Crippen molar-refractivity contribution in [1.82, 2.24) is 10.3 Å². The molecule has 0 aliphatic heterocycles. The van der Waals surface area contributed by atoms with E-state index in [1.807, 2.05) is 0 Å². The van der Waals surface area contributed by atoms with Crippen LogP contribution < -0.4 is 10.6 Å². The Morgan fingerprint density at radius 2 is 2.05 bits per heavy atom. The van der Waals surface area contributed by atoms with Crippen LogP contribution in [0.25, 0.3) is 0 Å². The summed E-state index contributed by atoms with van der Waals surface area (Å²) in [6.07, 6.45) is -3.49. The van der Waals surface area contributed by atoms with Crippen molar-refractivity contribution in [2.45, 2.75) is 32.0 Å². The van der Waals surface area contributed by atoms with Gasteiger partial charge in [-0.25, -0.2) is 9.78 Å². The van der Waals surface area contributed by atoms with Gasteiger partial charge in [0.25, 0.3) is 0 Å². The Hall–Kier alpha value is -2.32. The van der Waals surface area contributed by atoms with Gasteiger partial charge in [-0.3, -0.25) is 4.79 Å². The van der Waals surface area contributed by atoms with E-state index >= 15 is 0 Å². The topological polar surface area (TPSA) is 91.3 Å². The number of aliphatic carboxylic acids is 1. The molecule has 0 saturated heterocycles. The third-order valence-electron chi connectivity index (χ3n) is 2.48. The van der Waals surface area contributed by atoms with Crippen LogP contribution in [0.5, 0.6) is 0 Å². The van der Waals surface area contributed by atoms with Gasteiger partial charge in [0.05, 0.1) is 11.9 Å². The lowest BCUT2D eigenvalue weighted by Gasteiger charge is -2.13. The Labute approximate surface area is 118 Å². The predicted octanol–water partition coefficient (Wildman–Crippen LogP) is 2.48. The fraction of sp³-hybridized carbons (Fsp3) is 0.417. The van der Waals surface area contributed by atoms with Crippen molar-refractivity contribution in [2.75, 3.05) is 5.32 Å². The average Bonchev–Trinajstić information content (AvgIpc) is 2.35. The summed E-state index contributed by atoms with van der Waals surface area (Å²) >= 11 is 0. The molecule has 2 amide bonds. The molecule has 6 nitrogen and oxygen atoms in total. The van der Waals surface area contributed by atoms with Crippen molar-refractivity contribution in [3.63, 3.8) is 0 Å². The summed E-state index contributed by atoms with van der Waals surface area (Å²) in [5, 5.41) is 13.3. The number of pyridine rings is 1. The van der Waals surface area contributed by atoms with Gasteiger partial charge in [0.2, 0.25) is 0 Å². The van der Waals surface area contributed by atoms with Crippen LogP contribution in [-0.4, -0.2) is 28.1 Å². The molecule has 0 aromatic carbocycles. The molecule has 0 fully saturated rings. The van der Waals surface area contributed by atoms with Crippen molar-refractivity contribution in [1.29, 1.82) is 0 Å². The highest BCUT2D eigenvalue weighted by Crippen LogP contribution is 2.27. The molecular weight excluding hydrogens is 291 g/mol. The lowest BCUT2D eigenvalue weighted by atomic mass is 10.2. The van der Waals surface area contributed by atoms with Crippen LogP contribution in [0.1, 0.15) is 25.5 Å². The van der Waals surface area contributed by atoms with E-state index < -0.39 is 23.9 Å². The molecule has 21 heavy (non-hydrogen) atoms. The molecule has 0 spiro atoms. The Kier molecular flexibility index (Phi) is 5.51. The summed E-state index contributed by atoms with van der Waals surface area (Å²) in [4.78, 5) is 25.1. The SMILES string of the molecule is CC(CCC(=O)O)NC(=O)Nc1ccc(C(F)(F)F)nc1. The van der Waals surface area contributed by atoms with Gasteiger partial charge < -0.3 is 15.7 Å². The molecular formula is C12H14F3N3O3. The molecule has 1 heterocycles. The lowest BCUT2D eigenvalue weighted by Crippen LogP contribution is -2.36. The number of aromatic nitrogens is 1. The molecule has 0 aliphatic carbocycles. The number of nitrogens with one attached hydrogen (secondary N) is 2. The number of hydrogen-bond donors (Lipinski definition) is 3. The summed E-state index contributed by atoms with van der Waals surface area (Å²) in [7, 11) is 0. The van der Waals surface area contributed by atoms with Crippen LogP contribution in [0.2, 0.25) is 0 Å². The van der Waals surface area contributed by atoms with E-state index in [-0.39, 0.29) is 24.6 Å². The third kappa shape index (κ3) is 6.11. The standard InChI is InChI=1S/C12H14F3N3O3/c1-7(2-5-10(19)20)17-11(21)18-8-3-4-9(16-6-8)12(13,14)15/h3-4,6-7H,2,5H2,1H3,(H,19,20)(H2,17,18,21). The number of carboxylic acids is 1. The lowest BCUT2D eigenvalue weighted by molar-refractivity contribution is -0.141. The molecule has 116 valence electrons. The fourth-order valence-electron chi connectivity index (χ4n) is 1.44. The van der Waals surface area contributed by atoms with Crippen molar-refractivity contribution in [3.05, 3.63) is 24.0 Å². The zero-order valence-electron chi connectivity index (χ0n) is 11.1. The molecule has 1 rings (SSSR count). The van der Waals surface area contributed by atoms with Crippen LogP contribution in [0.3, 0.4) is 0 Å². The monoisotopic (exact) mass is 305 g/mol. The fourth-order valence-corrected chi connectivity index (χ4v) is 1.44. The van der Waals surface area contributed by atoms with E-state index in [1.165, 1.54) is 0 Å². The molecule has 0 radical (unpaired) electrons. The largest absolute Gasteiger partial charge is 0.481 e. The first-order chi connectivity index (χ1) is 9.68. The van der Waals surface area contributed by atoms with E-state index in [1.54, 1.807) is 6.92 Å². The maximum Gasteiger partial charge on any atom is 0.433 e. The highest BCUT2D eigenvalue weighted by atomic mass is 19.4. The smallest absolute Gasteiger partial charge is 0.433 e. The van der Waals surface area contributed by atoms with E-state index in [4.69, 9.17) is 5.11 Å². The maximum absolute atomic E-state index is 12.3. The van der Waals surface area contributed by atoms with Crippen LogP contribution in [0.4, 0.5) is 23.7 Å². The molecule has 3 N–H and O–H groups in total. The van der Waals surface area contributed by atoms with Crippen LogP contribution in [-0.2, 0) is 11.0 Å². The van der Waals surface area contributed by atoms with Gasteiger partial charge >= 0.3 is 18.2 Å². The zero-order valence-corrected chi connectivity index (χ0v) is 11.1. The number of halogens is 3. The Morgan fingerprint density at radius 1 is 1.38 bits per heavy atom. The number of nitrogens with zero attached hydrogens (tertiary/aromatic N) is 1. The predicted molar refractivity (Wildman–Crippen MR) is 67.7 cm³/mol. The number of carbonyl (C=O) groups is 2. The number of rotatable bonds is 5. The zero-order chi connectivity index (χ0) is 16.0.